The third-order valence-electron chi connectivity index (χ3n) is 4.70. The fourth-order valence-electron chi connectivity index (χ4n) is 3.37. The van der Waals surface area contributed by atoms with E-state index in [1.165, 1.54) is 0 Å². The van der Waals surface area contributed by atoms with Crippen molar-refractivity contribution in [3.63, 3.8) is 0 Å². The summed E-state index contributed by atoms with van der Waals surface area (Å²) in [5.74, 6) is -0.984. The molecule has 4 rings (SSSR count). The summed E-state index contributed by atoms with van der Waals surface area (Å²) in [4.78, 5) is 21.1. The molecule has 0 spiro atoms. The second-order valence-electron chi connectivity index (χ2n) is 6.46. The first-order chi connectivity index (χ1) is 13.2. The first-order valence-corrected chi connectivity index (χ1v) is 8.73. The molecule has 0 saturated carbocycles. The summed E-state index contributed by atoms with van der Waals surface area (Å²) in [6, 6.07) is 20.8. The number of aromatic nitrogens is 1. The van der Waals surface area contributed by atoms with E-state index < -0.39 is 5.97 Å². The van der Waals surface area contributed by atoms with Gasteiger partial charge in [-0.2, -0.15) is 0 Å². The van der Waals surface area contributed by atoms with Crippen LogP contribution in [0.4, 0.5) is 0 Å². The highest BCUT2D eigenvalue weighted by atomic mass is 16.6. The molecule has 0 fully saturated rings. The smallest absolute Gasteiger partial charge is 0.335 e. The van der Waals surface area contributed by atoms with E-state index in [4.69, 9.17) is 9.94 Å². The van der Waals surface area contributed by atoms with E-state index in [0.29, 0.717) is 6.42 Å². The Kier molecular flexibility index (Phi) is 4.66. The zero-order valence-corrected chi connectivity index (χ0v) is 14.5. The van der Waals surface area contributed by atoms with Crippen LogP contribution in [0.5, 0.6) is 0 Å². The largest absolute Gasteiger partial charge is 0.478 e. The van der Waals surface area contributed by atoms with E-state index >= 15 is 0 Å². The fourth-order valence-corrected chi connectivity index (χ4v) is 3.37. The Morgan fingerprint density at radius 3 is 2.44 bits per heavy atom. The van der Waals surface area contributed by atoms with Gasteiger partial charge >= 0.3 is 5.97 Å². The van der Waals surface area contributed by atoms with E-state index in [0.717, 1.165) is 22.4 Å². The zero-order valence-electron chi connectivity index (χ0n) is 14.5. The molecule has 5 nitrogen and oxygen atoms in total. The molecule has 1 aromatic heterocycles. The number of carbonyl (C=O) groups is 1. The van der Waals surface area contributed by atoms with Crippen LogP contribution >= 0.6 is 0 Å². The van der Waals surface area contributed by atoms with Gasteiger partial charge in [-0.15, -0.1) is 0 Å². The predicted molar refractivity (Wildman–Crippen MR) is 102 cm³/mol. The molecule has 27 heavy (non-hydrogen) atoms. The molecular weight excluding hydrogens is 340 g/mol. The fraction of sp³-hybridized carbons (Fsp3) is 0.136. The molecule has 1 aliphatic rings. The summed E-state index contributed by atoms with van der Waals surface area (Å²) in [6.07, 6.45) is 4.13. The van der Waals surface area contributed by atoms with Crippen molar-refractivity contribution in [2.75, 3.05) is 0 Å². The molecule has 5 heteroatoms. The second kappa shape index (κ2) is 7.41. The molecule has 134 valence electrons. The minimum atomic E-state index is -0.944. The summed E-state index contributed by atoms with van der Waals surface area (Å²) in [5, 5.41) is 13.5. The van der Waals surface area contributed by atoms with Crippen molar-refractivity contribution in [2.45, 2.75) is 18.4 Å². The lowest BCUT2D eigenvalue weighted by Gasteiger charge is -2.19. The van der Waals surface area contributed by atoms with E-state index in [1.54, 1.807) is 30.5 Å². The summed E-state index contributed by atoms with van der Waals surface area (Å²) in [7, 11) is 0. The molecule has 2 heterocycles. The van der Waals surface area contributed by atoms with Crippen molar-refractivity contribution in [1.82, 2.24) is 4.98 Å². The van der Waals surface area contributed by atoms with Crippen LogP contribution in [0.3, 0.4) is 0 Å². The van der Waals surface area contributed by atoms with Gasteiger partial charge in [-0.1, -0.05) is 53.7 Å². The number of nitrogens with zero attached hydrogens (tertiary/aromatic N) is 2. The van der Waals surface area contributed by atoms with E-state index in [2.05, 4.69) is 22.3 Å². The molecule has 0 aliphatic carbocycles. The molecule has 2 atom stereocenters. The minimum absolute atomic E-state index is 0.0397. The first kappa shape index (κ1) is 17.0. The Morgan fingerprint density at radius 1 is 1.00 bits per heavy atom. The number of rotatable bonds is 5. The topological polar surface area (TPSA) is 71.8 Å². The molecule has 0 amide bonds. The Morgan fingerprint density at radius 2 is 1.78 bits per heavy atom. The van der Waals surface area contributed by atoms with Gasteiger partial charge in [0.1, 0.15) is 6.10 Å². The van der Waals surface area contributed by atoms with Crippen LogP contribution in [0.1, 0.15) is 33.0 Å². The number of hydrogen-bond acceptors (Lipinski definition) is 4. The van der Waals surface area contributed by atoms with Gasteiger partial charge in [-0.05, 0) is 29.3 Å². The standard InChI is InChI=1S/C22H18N2O3/c25-22(26)18-10-8-17(9-11-18)21-20(16-6-2-1-3-7-16)19(27-24-21)13-15-5-4-12-23-14-15/h1-12,14,19-20H,13H2,(H,25,26). The number of oxime groups is 1. The van der Waals surface area contributed by atoms with Gasteiger partial charge in [0.15, 0.2) is 0 Å². The van der Waals surface area contributed by atoms with Crippen molar-refractivity contribution in [2.24, 2.45) is 5.16 Å². The van der Waals surface area contributed by atoms with E-state index in [9.17, 15) is 4.79 Å². The van der Waals surface area contributed by atoms with Crippen LogP contribution in [0.2, 0.25) is 0 Å². The first-order valence-electron chi connectivity index (χ1n) is 8.73. The highest BCUT2D eigenvalue weighted by Gasteiger charge is 2.36. The Hall–Kier alpha value is -3.47. The normalized spacial score (nSPS) is 18.6. The molecule has 1 N–H and O–H groups in total. The maximum absolute atomic E-state index is 11.1. The number of hydrogen-bond donors (Lipinski definition) is 1. The average Bonchev–Trinajstić information content (AvgIpc) is 3.13. The van der Waals surface area contributed by atoms with Crippen molar-refractivity contribution >= 4 is 11.7 Å². The zero-order chi connectivity index (χ0) is 18.6. The Labute approximate surface area is 157 Å². The van der Waals surface area contributed by atoms with Crippen LogP contribution < -0.4 is 0 Å². The number of carboxylic acid groups (broad SMARTS) is 1. The summed E-state index contributed by atoms with van der Waals surface area (Å²) < 4.78 is 0. The van der Waals surface area contributed by atoms with Gasteiger partial charge in [0.25, 0.3) is 0 Å². The molecule has 0 bridgehead atoms. The van der Waals surface area contributed by atoms with Crippen molar-refractivity contribution in [3.8, 4) is 0 Å². The molecule has 0 saturated heterocycles. The summed E-state index contributed by atoms with van der Waals surface area (Å²) in [6.45, 7) is 0. The third-order valence-corrected chi connectivity index (χ3v) is 4.70. The predicted octanol–water partition coefficient (Wildman–Crippen LogP) is 3.91. The van der Waals surface area contributed by atoms with Gasteiger partial charge < -0.3 is 9.94 Å². The average molecular weight is 358 g/mol. The van der Waals surface area contributed by atoms with Crippen LogP contribution in [-0.2, 0) is 11.3 Å². The maximum atomic E-state index is 11.1. The monoisotopic (exact) mass is 358 g/mol. The molecule has 0 radical (unpaired) electrons. The molecule has 2 aromatic carbocycles. The van der Waals surface area contributed by atoms with Gasteiger partial charge in [0.05, 0.1) is 17.2 Å². The highest BCUT2D eigenvalue weighted by molar-refractivity contribution is 6.06. The number of benzene rings is 2. The van der Waals surface area contributed by atoms with Crippen molar-refractivity contribution in [1.29, 1.82) is 0 Å². The van der Waals surface area contributed by atoms with Crippen LogP contribution in [-0.4, -0.2) is 27.9 Å². The number of carboxylic acids is 1. The van der Waals surface area contributed by atoms with Crippen LogP contribution in [0.25, 0.3) is 0 Å². The lowest BCUT2D eigenvalue weighted by molar-refractivity contribution is 0.0696. The Balaban J connectivity index is 1.67. The van der Waals surface area contributed by atoms with Gasteiger partial charge in [-0.25, -0.2) is 4.79 Å². The third kappa shape index (κ3) is 3.58. The number of aromatic carboxylic acids is 1. The van der Waals surface area contributed by atoms with Crippen LogP contribution in [0.15, 0.2) is 84.3 Å². The van der Waals surface area contributed by atoms with Crippen LogP contribution in [0, 0.1) is 0 Å². The van der Waals surface area contributed by atoms with Crippen molar-refractivity contribution < 1.29 is 14.7 Å². The lowest BCUT2D eigenvalue weighted by atomic mass is 9.84. The molecule has 1 aliphatic heterocycles. The lowest BCUT2D eigenvalue weighted by Crippen LogP contribution is -2.24. The summed E-state index contributed by atoms with van der Waals surface area (Å²) in [5.41, 5.74) is 4.13. The summed E-state index contributed by atoms with van der Waals surface area (Å²) >= 11 is 0. The Bertz CT molecular complexity index is 954. The highest BCUT2D eigenvalue weighted by Crippen LogP contribution is 2.34. The van der Waals surface area contributed by atoms with Gasteiger partial charge in [0.2, 0.25) is 0 Å². The number of pyridine rings is 1. The second-order valence-corrected chi connectivity index (χ2v) is 6.46. The van der Waals surface area contributed by atoms with Gasteiger partial charge in [-0.3, -0.25) is 4.98 Å². The SMILES string of the molecule is O=C(O)c1ccc(C2=NOC(Cc3cccnc3)C2c2ccccc2)cc1. The van der Waals surface area contributed by atoms with E-state index in [-0.39, 0.29) is 17.6 Å². The quantitative estimate of drug-likeness (QED) is 0.751. The maximum Gasteiger partial charge on any atom is 0.335 e. The molecule has 2 unspecified atom stereocenters. The minimum Gasteiger partial charge on any atom is -0.478 e. The molecule has 3 aromatic rings. The van der Waals surface area contributed by atoms with E-state index in [1.807, 2.05) is 36.5 Å². The van der Waals surface area contributed by atoms with Crippen molar-refractivity contribution in [3.05, 3.63) is 101 Å². The van der Waals surface area contributed by atoms with Gasteiger partial charge in [0, 0.05) is 24.4 Å². The molecular formula is C22H18N2O3.